The van der Waals surface area contributed by atoms with Crippen LogP contribution in [0.1, 0.15) is 22.6 Å². The molecule has 3 rings (SSSR count). The van der Waals surface area contributed by atoms with Crippen LogP contribution in [0, 0.1) is 0 Å². The molecule has 0 fully saturated rings. The second-order valence-corrected chi connectivity index (χ2v) is 4.88. The molecule has 19 heavy (non-hydrogen) atoms. The van der Waals surface area contributed by atoms with Gasteiger partial charge in [-0.2, -0.15) is 0 Å². The number of rotatable bonds is 1. The molecule has 1 heterocycles. The zero-order valence-electron chi connectivity index (χ0n) is 9.97. The van der Waals surface area contributed by atoms with Crippen LogP contribution in [0.5, 0.6) is 5.75 Å². The van der Waals surface area contributed by atoms with E-state index in [1.165, 1.54) is 0 Å². The quantitative estimate of drug-likeness (QED) is 0.866. The van der Waals surface area contributed by atoms with Crippen LogP contribution in [-0.4, -0.2) is 11.1 Å². The minimum Gasteiger partial charge on any atom is -0.489 e. The lowest BCUT2D eigenvalue weighted by Crippen LogP contribution is -2.13. The van der Waals surface area contributed by atoms with Crippen LogP contribution in [-0.2, 0) is 11.4 Å². The Morgan fingerprint density at radius 3 is 2.79 bits per heavy atom. The van der Waals surface area contributed by atoms with Gasteiger partial charge < -0.3 is 9.84 Å². The van der Waals surface area contributed by atoms with Crippen molar-refractivity contribution in [1.29, 1.82) is 0 Å². The Balaban J connectivity index is 2.25. The van der Waals surface area contributed by atoms with Crippen molar-refractivity contribution in [3.05, 3.63) is 64.2 Å². The van der Waals surface area contributed by atoms with Gasteiger partial charge in [-0.05, 0) is 29.3 Å². The monoisotopic (exact) mass is 274 g/mol. The molecule has 96 valence electrons. The van der Waals surface area contributed by atoms with Crippen molar-refractivity contribution < 1.29 is 14.6 Å². The van der Waals surface area contributed by atoms with E-state index in [9.17, 15) is 9.90 Å². The molecule has 0 aliphatic carbocycles. The second-order valence-electron chi connectivity index (χ2n) is 4.44. The number of carboxylic acid groups (broad SMARTS) is 1. The van der Waals surface area contributed by atoms with E-state index in [0.717, 1.165) is 11.1 Å². The SMILES string of the molecule is O=C(O)[C@@H]1c2ccccc2COc2ccc(Cl)cc21. The van der Waals surface area contributed by atoms with Crippen LogP contribution in [0.2, 0.25) is 5.02 Å². The van der Waals surface area contributed by atoms with Crippen LogP contribution in [0.15, 0.2) is 42.5 Å². The van der Waals surface area contributed by atoms with Crippen molar-refractivity contribution >= 4 is 17.6 Å². The van der Waals surface area contributed by atoms with Crippen molar-refractivity contribution in [2.24, 2.45) is 0 Å². The molecule has 0 spiro atoms. The van der Waals surface area contributed by atoms with Crippen molar-refractivity contribution in [1.82, 2.24) is 0 Å². The molecule has 1 N–H and O–H groups in total. The Hall–Kier alpha value is -2.00. The summed E-state index contributed by atoms with van der Waals surface area (Å²) in [7, 11) is 0. The van der Waals surface area contributed by atoms with Gasteiger partial charge in [0.05, 0.1) is 0 Å². The molecular formula is C15H11ClO3. The van der Waals surface area contributed by atoms with Crippen LogP contribution < -0.4 is 4.74 Å². The number of aliphatic carboxylic acids is 1. The Labute approximate surface area is 115 Å². The zero-order chi connectivity index (χ0) is 13.4. The standard InChI is InChI=1S/C15H11ClO3/c16-10-5-6-13-12(7-10)14(15(17)18)11-4-2-1-3-9(11)8-19-13/h1-7,14H,8H2,(H,17,18)/t14-/m1/s1. The molecule has 0 unspecified atom stereocenters. The summed E-state index contributed by atoms with van der Waals surface area (Å²) in [5.74, 6) is -1.07. The fourth-order valence-corrected chi connectivity index (χ4v) is 2.59. The number of benzene rings is 2. The van der Waals surface area contributed by atoms with Gasteiger partial charge in [-0.3, -0.25) is 4.79 Å². The highest BCUT2D eigenvalue weighted by Gasteiger charge is 2.30. The molecule has 1 atom stereocenters. The summed E-state index contributed by atoms with van der Waals surface area (Å²) in [5, 5.41) is 10.1. The predicted octanol–water partition coefficient (Wildman–Crippen LogP) is 3.45. The molecule has 2 aromatic rings. The minimum absolute atomic E-state index is 0.370. The molecule has 3 nitrogen and oxygen atoms in total. The number of hydrogen-bond donors (Lipinski definition) is 1. The molecule has 0 saturated heterocycles. The van der Waals surface area contributed by atoms with Gasteiger partial charge in [0.2, 0.25) is 0 Å². The van der Waals surface area contributed by atoms with E-state index in [-0.39, 0.29) is 0 Å². The van der Waals surface area contributed by atoms with E-state index >= 15 is 0 Å². The molecule has 0 amide bonds. The van der Waals surface area contributed by atoms with E-state index in [1.807, 2.05) is 24.3 Å². The Kier molecular flexibility index (Phi) is 2.91. The smallest absolute Gasteiger partial charge is 0.315 e. The summed E-state index contributed by atoms with van der Waals surface area (Å²) in [6.07, 6.45) is 0. The lowest BCUT2D eigenvalue weighted by molar-refractivity contribution is -0.137. The number of fused-ring (bicyclic) bond motifs is 2. The lowest BCUT2D eigenvalue weighted by Gasteiger charge is -2.14. The average molecular weight is 275 g/mol. The Morgan fingerprint density at radius 1 is 1.21 bits per heavy atom. The minimum atomic E-state index is -0.901. The second kappa shape index (κ2) is 4.59. The molecule has 0 bridgehead atoms. The summed E-state index contributed by atoms with van der Waals surface area (Å²) < 4.78 is 5.69. The maximum atomic E-state index is 11.6. The average Bonchev–Trinajstić information content (AvgIpc) is 2.54. The Morgan fingerprint density at radius 2 is 2.00 bits per heavy atom. The van der Waals surface area contributed by atoms with Gasteiger partial charge in [0.15, 0.2) is 0 Å². The zero-order valence-corrected chi connectivity index (χ0v) is 10.7. The van der Waals surface area contributed by atoms with E-state index < -0.39 is 11.9 Å². The van der Waals surface area contributed by atoms with Crippen molar-refractivity contribution in [3.8, 4) is 5.75 Å². The van der Waals surface area contributed by atoms with Gasteiger partial charge in [0, 0.05) is 10.6 Å². The van der Waals surface area contributed by atoms with Gasteiger partial charge in [-0.15, -0.1) is 0 Å². The highest BCUT2D eigenvalue weighted by Crippen LogP contribution is 2.38. The molecule has 0 radical (unpaired) electrons. The first-order valence-electron chi connectivity index (χ1n) is 5.89. The maximum absolute atomic E-state index is 11.6. The van der Waals surface area contributed by atoms with Crippen molar-refractivity contribution in [2.75, 3.05) is 0 Å². The lowest BCUT2D eigenvalue weighted by atomic mass is 9.88. The fraction of sp³-hybridized carbons (Fsp3) is 0.133. The first kappa shape index (κ1) is 12.1. The van der Waals surface area contributed by atoms with Gasteiger partial charge in [0.1, 0.15) is 18.3 Å². The Bertz CT molecular complexity index is 652. The summed E-state index contributed by atoms with van der Waals surface area (Å²) in [6.45, 7) is 0.370. The third kappa shape index (κ3) is 2.06. The van der Waals surface area contributed by atoms with Crippen molar-refractivity contribution in [3.63, 3.8) is 0 Å². The number of halogens is 1. The first-order chi connectivity index (χ1) is 9.16. The fourth-order valence-electron chi connectivity index (χ4n) is 2.41. The van der Waals surface area contributed by atoms with Gasteiger partial charge in [0.25, 0.3) is 0 Å². The normalized spacial score (nSPS) is 16.8. The maximum Gasteiger partial charge on any atom is 0.315 e. The van der Waals surface area contributed by atoms with E-state index in [0.29, 0.717) is 22.9 Å². The first-order valence-corrected chi connectivity index (χ1v) is 6.27. The summed E-state index contributed by atoms with van der Waals surface area (Å²) in [4.78, 5) is 11.6. The molecule has 2 aromatic carbocycles. The van der Waals surface area contributed by atoms with E-state index in [4.69, 9.17) is 16.3 Å². The molecule has 1 aliphatic heterocycles. The molecule has 0 aromatic heterocycles. The summed E-state index contributed by atoms with van der Waals surface area (Å²) >= 11 is 5.98. The topological polar surface area (TPSA) is 46.5 Å². The van der Waals surface area contributed by atoms with E-state index in [2.05, 4.69) is 0 Å². The molecule has 0 saturated carbocycles. The van der Waals surface area contributed by atoms with Gasteiger partial charge in [-0.25, -0.2) is 0 Å². The largest absolute Gasteiger partial charge is 0.489 e. The molecule has 4 heteroatoms. The highest BCUT2D eigenvalue weighted by molar-refractivity contribution is 6.30. The van der Waals surface area contributed by atoms with Crippen molar-refractivity contribution in [2.45, 2.75) is 12.5 Å². The third-order valence-electron chi connectivity index (χ3n) is 3.28. The van der Waals surface area contributed by atoms with Crippen LogP contribution >= 0.6 is 11.6 Å². The van der Waals surface area contributed by atoms with Crippen LogP contribution in [0.3, 0.4) is 0 Å². The predicted molar refractivity (Wildman–Crippen MR) is 71.7 cm³/mol. The summed E-state index contributed by atoms with van der Waals surface area (Å²) in [5.41, 5.74) is 2.25. The summed E-state index contributed by atoms with van der Waals surface area (Å²) in [6, 6.07) is 12.5. The van der Waals surface area contributed by atoms with E-state index in [1.54, 1.807) is 18.2 Å². The number of hydrogen-bond acceptors (Lipinski definition) is 2. The van der Waals surface area contributed by atoms with Crippen LogP contribution in [0.25, 0.3) is 0 Å². The number of carboxylic acids is 1. The number of carbonyl (C=O) groups is 1. The van der Waals surface area contributed by atoms with Gasteiger partial charge in [-0.1, -0.05) is 35.9 Å². The van der Waals surface area contributed by atoms with Crippen LogP contribution in [0.4, 0.5) is 0 Å². The number of ether oxygens (including phenoxy) is 1. The highest BCUT2D eigenvalue weighted by atomic mass is 35.5. The molecular weight excluding hydrogens is 264 g/mol. The molecule has 1 aliphatic rings. The van der Waals surface area contributed by atoms with Gasteiger partial charge >= 0.3 is 5.97 Å². The third-order valence-corrected chi connectivity index (χ3v) is 3.51.